The maximum Gasteiger partial charge on any atom is 0.446 e. The van der Waals surface area contributed by atoms with Crippen molar-refractivity contribution >= 4 is 30.6 Å². The number of carboxylic acid groups (broad SMARTS) is 2. The van der Waals surface area contributed by atoms with Gasteiger partial charge >= 0.3 is 18.1 Å². The average Bonchev–Trinajstić information content (AvgIpc) is 4.26. The number of nitrogens with zero attached hydrogens (tertiary/aromatic N) is 8. The first-order valence-electron chi connectivity index (χ1n) is 24.7. The van der Waals surface area contributed by atoms with Gasteiger partial charge in [-0.2, -0.15) is 13.2 Å². The molecular formula is C53H71F3N8O7. The molecule has 4 aliphatic rings. The predicted molar refractivity (Wildman–Crippen MR) is 266 cm³/mol. The van der Waals surface area contributed by atoms with Gasteiger partial charge in [0.25, 0.3) is 0 Å². The Hall–Kier alpha value is -5.79. The molecule has 8 rings (SSSR count). The molecule has 0 aromatic carbocycles. The van der Waals surface area contributed by atoms with E-state index in [-0.39, 0.29) is 18.6 Å². The monoisotopic (exact) mass is 989 g/mol. The molecule has 4 aromatic rings. The fourth-order valence-corrected chi connectivity index (χ4v) is 8.14. The Labute approximate surface area is 415 Å². The van der Waals surface area contributed by atoms with Crippen LogP contribution < -0.4 is 0 Å². The van der Waals surface area contributed by atoms with E-state index in [1.165, 1.54) is 110 Å². The largest absolute Gasteiger partial charge is 0.481 e. The summed E-state index contributed by atoms with van der Waals surface area (Å²) < 4.78 is 31.2. The highest BCUT2D eigenvalue weighted by molar-refractivity contribution is 5.87. The first-order valence-corrected chi connectivity index (χ1v) is 24.7. The van der Waals surface area contributed by atoms with E-state index in [1.807, 2.05) is 36.4 Å². The number of likely N-dealkylation sites (tertiary alicyclic amines) is 4. The molecule has 3 N–H and O–H groups in total. The van der Waals surface area contributed by atoms with E-state index in [9.17, 15) is 27.6 Å². The van der Waals surface area contributed by atoms with Crippen LogP contribution in [0.1, 0.15) is 112 Å². The van der Waals surface area contributed by atoms with Crippen LogP contribution in [0.4, 0.5) is 13.2 Å². The minimum Gasteiger partial charge on any atom is -0.481 e. The summed E-state index contributed by atoms with van der Waals surface area (Å²) >= 11 is 0. The highest BCUT2D eigenvalue weighted by Crippen LogP contribution is 2.13. The molecule has 0 radical (unpaired) electrons. The first kappa shape index (κ1) is 57.8. The number of aromatic nitrogens is 4. The van der Waals surface area contributed by atoms with E-state index < -0.39 is 24.4 Å². The van der Waals surface area contributed by atoms with Crippen molar-refractivity contribution in [1.29, 1.82) is 0 Å². The van der Waals surface area contributed by atoms with Crippen LogP contribution in [0.3, 0.4) is 0 Å². The number of aliphatic carboxylic acids is 1. The second-order valence-electron chi connectivity index (χ2n) is 17.8. The molecule has 4 aliphatic heterocycles. The number of aliphatic hydroxyl groups is 1. The van der Waals surface area contributed by atoms with E-state index >= 15 is 0 Å². The Balaban J connectivity index is 0.000000199. The van der Waals surface area contributed by atoms with Crippen LogP contribution in [-0.2, 0) is 41.9 Å². The van der Waals surface area contributed by atoms with Gasteiger partial charge in [0.1, 0.15) is 0 Å². The molecule has 0 unspecified atom stereocenters. The zero-order valence-corrected chi connectivity index (χ0v) is 40.8. The molecule has 0 spiro atoms. The van der Waals surface area contributed by atoms with Gasteiger partial charge in [-0.05, 0) is 151 Å². The van der Waals surface area contributed by atoms with Crippen LogP contribution in [0, 0.1) is 0 Å². The molecule has 0 saturated carbocycles. The second-order valence-corrected chi connectivity index (χ2v) is 17.8. The molecule has 4 fully saturated rings. The predicted octanol–water partition coefficient (Wildman–Crippen LogP) is 7.12. The maximum atomic E-state index is 10.6. The molecule has 0 bridgehead atoms. The van der Waals surface area contributed by atoms with Gasteiger partial charge in [0, 0.05) is 105 Å². The van der Waals surface area contributed by atoms with Gasteiger partial charge in [0.15, 0.2) is 6.29 Å². The summed E-state index contributed by atoms with van der Waals surface area (Å²) in [5.41, 5.74) is 7.02. The molecule has 0 aliphatic carbocycles. The van der Waals surface area contributed by atoms with Crippen LogP contribution in [0.15, 0.2) is 79.4 Å². The molecule has 71 heavy (non-hydrogen) atoms. The molecule has 0 amide bonds. The Morgan fingerprint density at radius 2 is 0.901 bits per heavy atom. The second kappa shape index (κ2) is 33.0. The third-order valence-electron chi connectivity index (χ3n) is 12.2. The third kappa shape index (κ3) is 25.2. The number of rotatable bonds is 18. The number of hydrogen-bond acceptors (Lipinski definition) is 13. The third-order valence-corrected chi connectivity index (χ3v) is 12.2. The number of carboxylic acids is 2. The lowest BCUT2D eigenvalue weighted by atomic mass is 10.2. The summed E-state index contributed by atoms with van der Waals surface area (Å²) in [6.07, 6.45) is 19.7. The van der Waals surface area contributed by atoms with Crippen LogP contribution in [0.2, 0.25) is 0 Å². The number of aldehydes is 2. The van der Waals surface area contributed by atoms with Crippen molar-refractivity contribution < 1.29 is 47.7 Å². The van der Waals surface area contributed by atoms with Crippen molar-refractivity contribution in [2.75, 3.05) is 78.5 Å². The van der Waals surface area contributed by atoms with E-state index in [0.29, 0.717) is 5.56 Å². The highest BCUT2D eigenvalue weighted by Gasteiger charge is 2.25. The van der Waals surface area contributed by atoms with Crippen molar-refractivity contribution in [2.45, 2.75) is 96.3 Å². The van der Waals surface area contributed by atoms with Crippen LogP contribution in [-0.4, -0.2) is 164 Å². The number of pyridine rings is 4. The van der Waals surface area contributed by atoms with Gasteiger partial charge in [-0.25, -0.2) is 4.79 Å². The zero-order chi connectivity index (χ0) is 51.1. The van der Waals surface area contributed by atoms with Crippen molar-refractivity contribution in [3.8, 4) is 0 Å². The fourth-order valence-electron chi connectivity index (χ4n) is 8.14. The molecule has 0 atom stereocenters. The molecule has 4 aromatic heterocycles. The summed E-state index contributed by atoms with van der Waals surface area (Å²) in [7, 11) is 0. The lowest BCUT2D eigenvalue weighted by molar-refractivity contribution is -0.156. The minimum absolute atomic E-state index is 0.0523. The number of aromatic carboxylic acids is 1. The summed E-state index contributed by atoms with van der Waals surface area (Å²) in [6.45, 7) is 14.2. The van der Waals surface area contributed by atoms with Crippen molar-refractivity contribution in [2.24, 2.45) is 0 Å². The van der Waals surface area contributed by atoms with Gasteiger partial charge in [-0.1, -0.05) is 24.3 Å². The molecule has 386 valence electrons. The average molecular weight is 989 g/mol. The Morgan fingerprint density at radius 1 is 0.535 bits per heavy atom. The Kier molecular flexibility index (Phi) is 26.8. The summed E-state index contributed by atoms with van der Waals surface area (Å²) in [4.78, 5) is 67.1. The number of carbonyl (C=O) groups is 4. The SMILES string of the molecule is O=C(O)C/C=C/c1ccc(CCN2CCCC2)nc1.O=C(O)c1ccc(CCN2CCCC2)nc1.O=CC(F)(F)F.O=Cc1ccc(CCN2CCCC2)nc1.OCc1ccc(CCN2CCCC2)nc1. The van der Waals surface area contributed by atoms with Crippen molar-refractivity contribution in [1.82, 2.24) is 39.5 Å². The zero-order valence-electron chi connectivity index (χ0n) is 40.8. The van der Waals surface area contributed by atoms with Crippen molar-refractivity contribution in [3.05, 3.63) is 124 Å². The van der Waals surface area contributed by atoms with E-state index in [2.05, 4.69) is 39.5 Å². The smallest absolute Gasteiger partial charge is 0.446 e. The van der Waals surface area contributed by atoms with Gasteiger partial charge in [0.05, 0.1) is 18.6 Å². The molecule has 18 heteroatoms. The van der Waals surface area contributed by atoms with Crippen LogP contribution in [0.5, 0.6) is 0 Å². The van der Waals surface area contributed by atoms with Crippen molar-refractivity contribution in [3.63, 3.8) is 0 Å². The van der Waals surface area contributed by atoms with Crippen LogP contribution in [0.25, 0.3) is 6.08 Å². The minimum atomic E-state index is -4.64. The van der Waals surface area contributed by atoms with Crippen LogP contribution >= 0.6 is 0 Å². The summed E-state index contributed by atoms with van der Waals surface area (Å²) in [5.74, 6) is -1.73. The van der Waals surface area contributed by atoms with Gasteiger partial charge < -0.3 is 34.9 Å². The van der Waals surface area contributed by atoms with Gasteiger partial charge in [-0.3, -0.25) is 34.3 Å². The summed E-state index contributed by atoms with van der Waals surface area (Å²) in [5, 5.41) is 26.2. The lowest BCUT2D eigenvalue weighted by Gasteiger charge is -2.13. The molecule has 8 heterocycles. The fraction of sp³-hybridized carbons (Fsp3) is 0.509. The van der Waals surface area contributed by atoms with E-state index in [4.69, 9.17) is 20.1 Å². The maximum absolute atomic E-state index is 10.6. The number of aliphatic hydroxyl groups excluding tert-OH is 1. The lowest BCUT2D eigenvalue weighted by Crippen LogP contribution is -2.22. The normalized spacial score (nSPS) is 16.2. The number of halogens is 3. The number of carbonyl (C=O) groups excluding carboxylic acids is 2. The Morgan fingerprint density at radius 3 is 1.18 bits per heavy atom. The standard InChI is InChI=1S/C15H20N2O2.C12H16N2O2.C12H18N2O.C12H16N2O.C2HF3O/c18-15(19)5-3-4-13-6-7-14(16-12-13)8-11-17-9-1-2-10-17;15-12(16)10-3-4-11(13-9-10)5-8-14-6-1-2-7-14;2*15-10-11-3-4-12(13-9-11)5-8-14-6-1-2-7-14;3-2(4,5)1-6/h3-4,6-7,12H,1-2,5,8-11H2,(H,18,19);3-4,9H,1-2,5-8H2,(H,15,16);3-4,9,15H,1-2,5-8,10H2;3-4,9-10H,1-2,5-8H2;1H/b4-3+;;;;. The molecular weight excluding hydrogens is 918 g/mol. The van der Waals surface area contributed by atoms with E-state index in [0.717, 1.165) is 92.1 Å². The quantitative estimate of drug-likeness (QED) is 0.0853. The number of alkyl halides is 3. The van der Waals surface area contributed by atoms with E-state index in [1.54, 1.807) is 42.9 Å². The summed E-state index contributed by atoms with van der Waals surface area (Å²) in [6, 6.07) is 15.2. The molecule has 15 nitrogen and oxygen atoms in total. The Bertz CT molecular complexity index is 2140. The van der Waals surface area contributed by atoms with Gasteiger partial charge in [-0.15, -0.1) is 0 Å². The highest BCUT2D eigenvalue weighted by atomic mass is 19.4. The number of hydrogen-bond donors (Lipinski definition) is 3. The van der Waals surface area contributed by atoms with Gasteiger partial charge in [0.2, 0.25) is 6.29 Å². The topological polar surface area (TPSA) is 193 Å². The molecule has 4 saturated heterocycles. The first-order chi connectivity index (χ1) is 34.3.